The summed E-state index contributed by atoms with van der Waals surface area (Å²) in [6.45, 7) is 13.5. The number of ether oxygens (including phenoxy) is 1. The summed E-state index contributed by atoms with van der Waals surface area (Å²) in [5.74, 6) is 0.807. The Morgan fingerprint density at radius 1 is 1.12 bits per heavy atom. The third kappa shape index (κ3) is 4.60. The zero-order chi connectivity index (χ0) is 23.7. The zero-order valence-electron chi connectivity index (χ0n) is 20.0. The molecule has 2 aromatic carbocycles. The average Bonchev–Trinajstić information content (AvgIpc) is 3.18. The van der Waals surface area contributed by atoms with Gasteiger partial charge in [-0.2, -0.15) is 0 Å². The van der Waals surface area contributed by atoms with Crippen molar-refractivity contribution in [2.75, 3.05) is 37.7 Å². The SMILES string of the molecule is CCOc1c(/C(C)=C/C(=O)N2CCN(c3cc(Cl)ccc3C)CC2)cc2c(C)coc2c1C. The number of rotatable bonds is 5. The van der Waals surface area contributed by atoms with Crippen LogP contribution in [-0.4, -0.2) is 43.6 Å². The third-order valence-electron chi connectivity index (χ3n) is 6.39. The number of amides is 1. The number of carbonyl (C=O) groups is 1. The first kappa shape index (κ1) is 23.2. The summed E-state index contributed by atoms with van der Waals surface area (Å²) in [7, 11) is 0. The highest BCUT2D eigenvalue weighted by atomic mass is 35.5. The normalized spacial score (nSPS) is 14.8. The first-order valence-electron chi connectivity index (χ1n) is 11.4. The van der Waals surface area contributed by atoms with E-state index < -0.39 is 0 Å². The lowest BCUT2D eigenvalue weighted by molar-refractivity contribution is -0.126. The van der Waals surface area contributed by atoms with E-state index in [4.69, 9.17) is 20.8 Å². The van der Waals surface area contributed by atoms with Gasteiger partial charge in [0.1, 0.15) is 11.3 Å². The molecular formula is C27H31ClN2O3. The van der Waals surface area contributed by atoms with Gasteiger partial charge in [0.05, 0.1) is 12.9 Å². The maximum absolute atomic E-state index is 13.1. The summed E-state index contributed by atoms with van der Waals surface area (Å²) in [6.07, 6.45) is 3.50. The van der Waals surface area contributed by atoms with Gasteiger partial charge in [0, 0.05) is 59.5 Å². The highest BCUT2D eigenvalue weighted by Crippen LogP contribution is 2.37. The number of hydrogen-bond acceptors (Lipinski definition) is 4. The van der Waals surface area contributed by atoms with Crippen molar-refractivity contribution in [1.82, 2.24) is 4.90 Å². The number of hydrogen-bond donors (Lipinski definition) is 0. The minimum absolute atomic E-state index is 0.0269. The summed E-state index contributed by atoms with van der Waals surface area (Å²) in [5.41, 5.74) is 7.04. The summed E-state index contributed by atoms with van der Waals surface area (Å²) in [6, 6.07) is 8.03. The largest absolute Gasteiger partial charge is 0.493 e. The maximum atomic E-state index is 13.1. The van der Waals surface area contributed by atoms with Crippen LogP contribution in [0, 0.1) is 20.8 Å². The molecule has 1 aliphatic rings. The minimum atomic E-state index is 0.0269. The van der Waals surface area contributed by atoms with Crippen molar-refractivity contribution >= 4 is 39.7 Å². The molecule has 2 heterocycles. The number of piperazine rings is 1. The Hall–Kier alpha value is -2.92. The molecule has 174 valence electrons. The summed E-state index contributed by atoms with van der Waals surface area (Å²) in [5, 5.41) is 1.79. The Morgan fingerprint density at radius 2 is 1.85 bits per heavy atom. The Labute approximate surface area is 200 Å². The maximum Gasteiger partial charge on any atom is 0.246 e. The first-order valence-corrected chi connectivity index (χ1v) is 11.8. The molecule has 0 bridgehead atoms. The molecule has 33 heavy (non-hydrogen) atoms. The van der Waals surface area contributed by atoms with Gasteiger partial charge >= 0.3 is 0 Å². The van der Waals surface area contributed by atoms with Crippen molar-refractivity contribution in [2.45, 2.75) is 34.6 Å². The van der Waals surface area contributed by atoms with Crippen LogP contribution in [0.5, 0.6) is 5.75 Å². The summed E-state index contributed by atoms with van der Waals surface area (Å²) < 4.78 is 11.7. The Bertz CT molecular complexity index is 1220. The van der Waals surface area contributed by atoms with Gasteiger partial charge < -0.3 is 19.0 Å². The average molecular weight is 467 g/mol. The Kier molecular flexibility index (Phi) is 6.71. The molecular weight excluding hydrogens is 436 g/mol. The summed E-state index contributed by atoms with van der Waals surface area (Å²) >= 11 is 6.20. The van der Waals surface area contributed by atoms with Crippen molar-refractivity contribution < 1.29 is 13.9 Å². The molecule has 0 aliphatic carbocycles. The van der Waals surface area contributed by atoms with Gasteiger partial charge in [-0.3, -0.25) is 4.79 Å². The number of furan rings is 1. The van der Waals surface area contributed by atoms with E-state index in [9.17, 15) is 4.79 Å². The number of anilines is 1. The predicted molar refractivity (Wildman–Crippen MR) is 135 cm³/mol. The van der Waals surface area contributed by atoms with Gasteiger partial charge in [-0.05, 0) is 69.5 Å². The quantitative estimate of drug-likeness (QED) is 0.422. The number of halogens is 1. The van der Waals surface area contributed by atoms with E-state index in [2.05, 4.69) is 17.9 Å². The highest BCUT2D eigenvalue weighted by Gasteiger charge is 2.23. The van der Waals surface area contributed by atoms with Crippen LogP contribution in [0.3, 0.4) is 0 Å². The van der Waals surface area contributed by atoms with Gasteiger partial charge in [0.25, 0.3) is 0 Å². The van der Waals surface area contributed by atoms with E-state index in [1.54, 1.807) is 12.3 Å². The third-order valence-corrected chi connectivity index (χ3v) is 6.63. The Morgan fingerprint density at radius 3 is 2.55 bits per heavy atom. The van der Waals surface area contributed by atoms with Gasteiger partial charge in [-0.15, -0.1) is 0 Å². The van der Waals surface area contributed by atoms with Crippen LogP contribution in [-0.2, 0) is 4.79 Å². The first-order chi connectivity index (χ1) is 15.8. The fourth-order valence-corrected chi connectivity index (χ4v) is 4.67. The molecule has 0 atom stereocenters. The lowest BCUT2D eigenvalue weighted by atomic mass is 9.98. The van der Waals surface area contributed by atoms with Crippen molar-refractivity contribution in [3.63, 3.8) is 0 Å². The molecule has 0 unspecified atom stereocenters. The molecule has 1 saturated heterocycles. The fourth-order valence-electron chi connectivity index (χ4n) is 4.51. The van der Waals surface area contributed by atoms with E-state index in [-0.39, 0.29) is 5.91 Å². The molecule has 1 amide bonds. The topological polar surface area (TPSA) is 45.9 Å². The number of aryl methyl sites for hydroxylation is 3. The zero-order valence-corrected chi connectivity index (χ0v) is 20.8. The predicted octanol–water partition coefficient (Wildman–Crippen LogP) is 6.16. The van der Waals surface area contributed by atoms with Crippen LogP contribution < -0.4 is 9.64 Å². The van der Waals surface area contributed by atoms with Gasteiger partial charge in [0.15, 0.2) is 0 Å². The van der Waals surface area contributed by atoms with Crippen LogP contribution in [0.25, 0.3) is 16.5 Å². The molecule has 0 radical (unpaired) electrons. The Balaban J connectivity index is 1.54. The molecule has 3 aromatic rings. The smallest absolute Gasteiger partial charge is 0.246 e. The van der Waals surface area contributed by atoms with Gasteiger partial charge in [-0.1, -0.05) is 17.7 Å². The van der Waals surface area contributed by atoms with Crippen molar-refractivity contribution in [2.24, 2.45) is 0 Å². The van der Waals surface area contributed by atoms with Crippen molar-refractivity contribution in [3.05, 3.63) is 63.9 Å². The van der Waals surface area contributed by atoms with Gasteiger partial charge in [0.2, 0.25) is 5.91 Å². The number of benzene rings is 2. The van der Waals surface area contributed by atoms with Crippen molar-refractivity contribution in [3.8, 4) is 5.75 Å². The van der Waals surface area contributed by atoms with Crippen LogP contribution in [0.2, 0.25) is 5.02 Å². The molecule has 1 aliphatic heterocycles. The molecule has 1 aromatic heterocycles. The second kappa shape index (κ2) is 9.52. The van der Waals surface area contributed by atoms with Crippen molar-refractivity contribution in [1.29, 1.82) is 0 Å². The molecule has 0 N–H and O–H groups in total. The molecule has 0 spiro atoms. The van der Waals surface area contributed by atoms with E-state index >= 15 is 0 Å². The monoisotopic (exact) mass is 466 g/mol. The number of allylic oxidation sites excluding steroid dienone is 1. The molecule has 5 nitrogen and oxygen atoms in total. The van der Waals surface area contributed by atoms with Gasteiger partial charge in [-0.25, -0.2) is 0 Å². The lowest BCUT2D eigenvalue weighted by Gasteiger charge is -2.36. The number of nitrogens with zero attached hydrogens (tertiary/aromatic N) is 2. The standard InChI is InChI=1S/C27H31ClN2O3/c1-6-32-26-20(5)27-23(19(4)16-33-27)15-22(26)18(3)13-25(31)30-11-9-29(10-12-30)24-14-21(28)8-7-17(24)2/h7-8,13-16H,6,9-12H2,1-5H3/b18-13+. The second-order valence-corrected chi connectivity index (χ2v) is 9.11. The van der Waals surface area contributed by atoms with Crippen LogP contribution in [0.4, 0.5) is 5.69 Å². The highest BCUT2D eigenvalue weighted by molar-refractivity contribution is 6.30. The van der Waals surface area contributed by atoms with Crippen LogP contribution in [0.15, 0.2) is 41.0 Å². The van der Waals surface area contributed by atoms with E-state index in [1.165, 1.54) is 5.56 Å². The number of fused-ring (bicyclic) bond motifs is 1. The van der Waals surface area contributed by atoms with Crippen LogP contribution >= 0.6 is 11.6 Å². The van der Waals surface area contributed by atoms with E-state index in [1.807, 2.05) is 50.8 Å². The molecule has 0 saturated carbocycles. The summed E-state index contributed by atoms with van der Waals surface area (Å²) in [4.78, 5) is 17.3. The molecule has 4 rings (SSSR count). The molecule has 6 heteroatoms. The second-order valence-electron chi connectivity index (χ2n) is 8.68. The van der Waals surface area contributed by atoms with Crippen LogP contribution in [0.1, 0.15) is 36.1 Å². The number of carbonyl (C=O) groups excluding carboxylic acids is 1. The van der Waals surface area contributed by atoms with E-state index in [0.717, 1.165) is 62.8 Å². The molecule has 1 fully saturated rings. The van der Waals surface area contributed by atoms with E-state index in [0.29, 0.717) is 19.7 Å². The fraction of sp³-hybridized carbons (Fsp3) is 0.370. The lowest BCUT2D eigenvalue weighted by Crippen LogP contribution is -2.48. The minimum Gasteiger partial charge on any atom is -0.493 e.